The van der Waals surface area contributed by atoms with Crippen LogP contribution in [-0.2, 0) is 4.79 Å². The number of carbonyl (C=O) groups excluding carboxylic acids is 1. The molecule has 1 aliphatic rings. The van der Waals surface area contributed by atoms with Crippen LogP contribution in [0.25, 0.3) is 0 Å². The number of nitrogens with one attached hydrogen (secondary N) is 1. The van der Waals surface area contributed by atoms with E-state index in [9.17, 15) is 9.59 Å². The molecule has 1 saturated heterocycles. The number of nitrogens with zero attached hydrogens (tertiary/aromatic N) is 2. The van der Waals surface area contributed by atoms with E-state index in [2.05, 4.69) is 10.3 Å². The molecule has 0 radical (unpaired) electrons. The van der Waals surface area contributed by atoms with Crippen molar-refractivity contribution in [3.05, 3.63) is 17.8 Å². The molecule has 2 rings (SSSR count). The second kappa shape index (κ2) is 5.29. The fraction of sp³-hybridized carbons (Fsp3) is 0.583. The quantitative estimate of drug-likeness (QED) is 0.860. The number of aromatic nitrogens is 1. The fourth-order valence-electron chi connectivity index (χ4n) is 2.17. The van der Waals surface area contributed by atoms with Crippen molar-refractivity contribution in [2.75, 3.05) is 6.54 Å². The third kappa shape index (κ3) is 2.86. The van der Waals surface area contributed by atoms with E-state index in [0.717, 1.165) is 0 Å². The van der Waals surface area contributed by atoms with Gasteiger partial charge in [-0.05, 0) is 26.7 Å². The largest absolute Gasteiger partial charge is 0.480 e. The highest BCUT2D eigenvalue weighted by atomic mass is 16.4. The molecule has 1 aliphatic heterocycles. The van der Waals surface area contributed by atoms with E-state index in [1.165, 1.54) is 4.90 Å². The number of carboxylic acids is 1. The van der Waals surface area contributed by atoms with Crippen LogP contribution < -0.4 is 5.32 Å². The first kappa shape index (κ1) is 13.4. The van der Waals surface area contributed by atoms with Crippen molar-refractivity contribution in [2.45, 2.75) is 38.8 Å². The summed E-state index contributed by atoms with van der Waals surface area (Å²) in [7, 11) is 0. The van der Waals surface area contributed by atoms with Crippen LogP contribution in [0.1, 0.15) is 37.5 Å². The fourth-order valence-corrected chi connectivity index (χ4v) is 2.17. The molecule has 7 nitrogen and oxygen atoms in total. The van der Waals surface area contributed by atoms with Gasteiger partial charge in [0.25, 0.3) is 0 Å². The van der Waals surface area contributed by atoms with Gasteiger partial charge in [-0.1, -0.05) is 0 Å². The zero-order chi connectivity index (χ0) is 14.0. The van der Waals surface area contributed by atoms with Crippen LogP contribution in [0, 0.1) is 6.92 Å². The van der Waals surface area contributed by atoms with Crippen LogP contribution >= 0.6 is 0 Å². The highest BCUT2D eigenvalue weighted by Crippen LogP contribution is 2.19. The van der Waals surface area contributed by atoms with Crippen molar-refractivity contribution >= 4 is 12.0 Å². The Kier molecular flexibility index (Phi) is 3.73. The second-order valence-corrected chi connectivity index (χ2v) is 4.67. The van der Waals surface area contributed by atoms with Crippen LogP contribution in [0.15, 0.2) is 10.6 Å². The molecule has 0 saturated carbocycles. The summed E-state index contributed by atoms with van der Waals surface area (Å²) in [5.74, 6) is 0.116. The summed E-state index contributed by atoms with van der Waals surface area (Å²) >= 11 is 0. The summed E-state index contributed by atoms with van der Waals surface area (Å²) in [6.45, 7) is 3.97. The molecule has 2 atom stereocenters. The van der Waals surface area contributed by atoms with Gasteiger partial charge in [-0.3, -0.25) is 0 Å². The monoisotopic (exact) mass is 267 g/mol. The highest BCUT2D eigenvalue weighted by molar-refractivity contribution is 5.83. The summed E-state index contributed by atoms with van der Waals surface area (Å²) < 4.78 is 5.32. The minimum Gasteiger partial charge on any atom is -0.480 e. The lowest BCUT2D eigenvalue weighted by molar-refractivity contribution is -0.141. The van der Waals surface area contributed by atoms with E-state index in [4.69, 9.17) is 9.52 Å². The van der Waals surface area contributed by atoms with Crippen molar-refractivity contribution in [3.8, 4) is 0 Å². The Morgan fingerprint density at radius 2 is 2.37 bits per heavy atom. The highest BCUT2D eigenvalue weighted by Gasteiger charge is 2.34. The van der Waals surface area contributed by atoms with Crippen LogP contribution in [-0.4, -0.2) is 39.6 Å². The van der Waals surface area contributed by atoms with Gasteiger partial charge in [-0.25, -0.2) is 14.6 Å². The molecule has 0 bridgehead atoms. The summed E-state index contributed by atoms with van der Waals surface area (Å²) in [6, 6.07) is -1.53. The average Bonchev–Trinajstić information content (AvgIpc) is 2.96. The van der Waals surface area contributed by atoms with E-state index in [-0.39, 0.29) is 0 Å². The number of aliphatic carboxylic acids is 1. The molecule has 2 heterocycles. The number of likely N-dealkylation sites (tertiary alicyclic amines) is 1. The molecule has 2 N–H and O–H groups in total. The number of aryl methyl sites for hydroxylation is 1. The zero-order valence-corrected chi connectivity index (χ0v) is 10.9. The second-order valence-electron chi connectivity index (χ2n) is 4.67. The normalized spacial score (nSPS) is 20.3. The molecule has 0 aromatic carbocycles. The summed E-state index contributed by atoms with van der Waals surface area (Å²) in [4.78, 5) is 28.4. The van der Waals surface area contributed by atoms with Gasteiger partial charge in [0, 0.05) is 6.54 Å². The van der Waals surface area contributed by atoms with Crippen molar-refractivity contribution in [2.24, 2.45) is 0 Å². The molecule has 19 heavy (non-hydrogen) atoms. The molecule has 1 unspecified atom stereocenters. The molecule has 0 aliphatic carbocycles. The molecular formula is C12H17N3O4. The van der Waals surface area contributed by atoms with E-state index in [1.807, 2.05) is 0 Å². The maximum atomic E-state index is 12.0. The SMILES string of the molecule is Cc1cnc(C(C)NC(=O)N2CCC[C@H]2C(=O)O)o1. The third-order valence-corrected chi connectivity index (χ3v) is 3.15. The van der Waals surface area contributed by atoms with Gasteiger partial charge >= 0.3 is 12.0 Å². The number of hydrogen-bond acceptors (Lipinski definition) is 4. The first-order valence-electron chi connectivity index (χ1n) is 6.21. The van der Waals surface area contributed by atoms with E-state index in [0.29, 0.717) is 31.0 Å². The Labute approximate surface area is 110 Å². The molecule has 1 aromatic rings. The number of urea groups is 1. The van der Waals surface area contributed by atoms with Gasteiger partial charge in [0.2, 0.25) is 5.89 Å². The zero-order valence-electron chi connectivity index (χ0n) is 10.9. The van der Waals surface area contributed by atoms with Crippen LogP contribution in [0.3, 0.4) is 0 Å². The molecular weight excluding hydrogens is 250 g/mol. The standard InChI is InChI=1S/C12H17N3O4/c1-7-6-13-10(19-7)8(2)14-12(18)15-5-3-4-9(15)11(16)17/h6,8-9H,3-5H2,1-2H3,(H,14,18)(H,16,17)/t8?,9-/m0/s1. The van der Waals surface area contributed by atoms with Gasteiger partial charge in [0.15, 0.2) is 0 Å². The number of oxazole rings is 1. The summed E-state index contributed by atoms with van der Waals surface area (Å²) in [5.41, 5.74) is 0. The minimum atomic E-state index is -0.965. The van der Waals surface area contributed by atoms with Crippen molar-refractivity contribution < 1.29 is 19.1 Å². The number of rotatable bonds is 3. The van der Waals surface area contributed by atoms with Crippen LogP contribution in [0.2, 0.25) is 0 Å². The predicted octanol–water partition coefficient (Wildman–Crippen LogP) is 1.30. The molecule has 1 fully saturated rings. The Balaban J connectivity index is 1.99. The van der Waals surface area contributed by atoms with Gasteiger partial charge < -0.3 is 19.7 Å². The number of amides is 2. The van der Waals surface area contributed by atoms with E-state index >= 15 is 0 Å². The lowest BCUT2D eigenvalue weighted by Gasteiger charge is -2.23. The maximum absolute atomic E-state index is 12.0. The summed E-state index contributed by atoms with van der Waals surface area (Å²) in [6.07, 6.45) is 2.78. The van der Waals surface area contributed by atoms with Crippen molar-refractivity contribution in [1.29, 1.82) is 0 Å². The van der Waals surface area contributed by atoms with Gasteiger partial charge in [-0.15, -0.1) is 0 Å². The lowest BCUT2D eigenvalue weighted by atomic mass is 10.2. The number of carbonyl (C=O) groups is 2. The van der Waals surface area contributed by atoms with Crippen molar-refractivity contribution in [3.63, 3.8) is 0 Å². The maximum Gasteiger partial charge on any atom is 0.326 e. The molecule has 1 aromatic heterocycles. The predicted molar refractivity (Wildman–Crippen MR) is 65.6 cm³/mol. The third-order valence-electron chi connectivity index (χ3n) is 3.15. The Bertz CT molecular complexity index is 485. The molecule has 104 valence electrons. The molecule has 2 amide bonds. The minimum absolute atomic E-state index is 0.392. The topological polar surface area (TPSA) is 95.7 Å². The molecule has 7 heteroatoms. The Morgan fingerprint density at radius 1 is 1.63 bits per heavy atom. The van der Waals surface area contributed by atoms with Crippen LogP contribution in [0.4, 0.5) is 4.79 Å². The first-order valence-corrected chi connectivity index (χ1v) is 6.21. The number of hydrogen-bond donors (Lipinski definition) is 2. The Morgan fingerprint density at radius 3 is 2.95 bits per heavy atom. The average molecular weight is 267 g/mol. The van der Waals surface area contributed by atoms with Crippen molar-refractivity contribution in [1.82, 2.24) is 15.2 Å². The van der Waals surface area contributed by atoms with Crippen LogP contribution in [0.5, 0.6) is 0 Å². The first-order chi connectivity index (χ1) is 8.99. The Hall–Kier alpha value is -2.05. The van der Waals surface area contributed by atoms with Gasteiger partial charge in [0.05, 0.1) is 6.20 Å². The van der Waals surface area contributed by atoms with Gasteiger partial charge in [-0.2, -0.15) is 0 Å². The van der Waals surface area contributed by atoms with Gasteiger partial charge in [0.1, 0.15) is 17.8 Å². The molecule has 0 spiro atoms. The smallest absolute Gasteiger partial charge is 0.326 e. The number of carboxylic acid groups (broad SMARTS) is 1. The van der Waals surface area contributed by atoms with E-state index in [1.54, 1.807) is 20.0 Å². The lowest BCUT2D eigenvalue weighted by Crippen LogP contribution is -2.46. The summed E-state index contributed by atoms with van der Waals surface area (Å²) in [5, 5.41) is 11.7. The van der Waals surface area contributed by atoms with E-state index < -0.39 is 24.1 Å².